The summed E-state index contributed by atoms with van der Waals surface area (Å²) in [4.78, 5) is 31.0. The molecule has 1 aromatic heterocycles. The lowest BCUT2D eigenvalue weighted by molar-refractivity contribution is -0.265. The van der Waals surface area contributed by atoms with Crippen LogP contribution in [-0.2, 0) is 27.5 Å². The van der Waals surface area contributed by atoms with Crippen molar-refractivity contribution in [3.63, 3.8) is 0 Å². The third-order valence-electron chi connectivity index (χ3n) is 7.53. The number of rotatable bonds is 12. The number of hydrogen-bond donors (Lipinski definition) is 2. The second kappa shape index (κ2) is 13.5. The Morgan fingerprint density at radius 1 is 1.11 bits per heavy atom. The van der Waals surface area contributed by atoms with Crippen LogP contribution in [0.4, 0.5) is 35.9 Å². The second-order valence-electron chi connectivity index (χ2n) is 14.7. The van der Waals surface area contributed by atoms with Gasteiger partial charge in [-0.25, -0.2) is 14.6 Å². The number of nitrogens with one attached hydrogen (secondary N) is 2. The van der Waals surface area contributed by atoms with E-state index in [-0.39, 0.29) is 19.1 Å². The third kappa shape index (κ3) is 9.98. The molecular weight excluding hydrogens is 652 g/mol. The van der Waals surface area contributed by atoms with Crippen LogP contribution in [0.3, 0.4) is 0 Å². The van der Waals surface area contributed by atoms with Crippen molar-refractivity contribution in [2.45, 2.75) is 116 Å². The molecule has 1 aliphatic heterocycles. The first-order valence-electron chi connectivity index (χ1n) is 15.1. The Balaban J connectivity index is 2.03. The van der Waals surface area contributed by atoms with Crippen LogP contribution in [0.1, 0.15) is 59.0 Å². The predicted octanol–water partition coefficient (Wildman–Crippen LogP) is 7.12. The van der Waals surface area contributed by atoms with Crippen molar-refractivity contribution in [1.82, 2.24) is 25.1 Å². The van der Waals surface area contributed by atoms with Gasteiger partial charge in [0, 0.05) is 21.2 Å². The number of ether oxygens (including phenoxy) is 3. The number of benzene rings is 1. The van der Waals surface area contributed by atoms with Crippen molar-refractivity contribution in [2.24, 2.45) is 0 Å². The van der Waals surface area contributed by atoms with Gasteiger partial charge in [-0.05, 0) is 65.3 Å². The van der Waals surface area contributed by atoms with Crippen LogP contribution < -0.4 is 10.6 Å². The lowest BCUT2D eigenvalue weighted by atomic mass is 10.0. The molecule has 266 valence electrons. The number of amides is 3. The zero-order chi connectivity index (χ0) is 35.8. The largest absolute Gasteiger partial charge is 0.444 e. The van der Waals surface area contributed by atoms with E-state index >= 15 is 0 Å². The van der Waals surface area contributed by atoms with E-state index in [1.54, 1.807) is 43.5 Å². The van der Waals surface area contributed by atoms with Crippen molar-refractivity contribution in [2.75, 3.05) is 19.8 Å². The van der Waals surface area contributed by atoms with Crippen LogP contribution in [0.15, 0.2) is 18.2 Å². The molecule has 3 amide bonds. The number of urea groups is 1. The molecule has 17 heteroatoms. The van der Waals surface area contributed by atoms with Crippen LogP contribution in [0.25, 0.3) is 11.0 Å². The molecule has 0 radical (unpaired) electrons. The normalized spacial score (nSPS) is 18.9. The van der Waals surface area contributed by atoms with Crippen molar-refractivity contribution >= 4 is 31.2 Å². The molecule has 1 saturated heterocycles. The molecule has 2 heterocycles. The Hall–Kier alpha value is -3.05. The first-order chi connectivity index (χ1) is 21.2. The van der Waals surface area contributed by atoms with E-state index in [0.29, 0.717) is 23.2 Å². The minimum absolute atomic E-state index is 0.0662. The highest BCUT2D eigenvalue weighted by Crippen LogP contribution is 2.36. The molecule has 47 heavy (non-hydrogen) atoms. The van der Waals surface area contributed by atoms with Gasteiger partial charge in [-0.15, -0.1) is 0 Å². The summed E-state index contributed by atoms with van der Waals surface area (Å²) < 4.78 is 100. The predicted molar refractivity (Wildman–Crippen MR) is 165 cm³/mol. The number of imidazole rings is 1. The highest BCUT2D eigenvalue weighted by atomic mass is 28.3. The van der Waals surface area contributed by atoms with Crippen molar-refractivity contribution in [3.8, 4) is 0 Å². The molecule has 2 aromatic rings. The Bertz CT molecular complexity index is 1430. The monoisotopic (exact) mass is 697 g/mol. The van der Waals surface area contributed by atoms with E-state index in [9.17, 15) is 35.9 Å². The van der Waals surface area contributed by atoms with E-state index < -0.39 is 68.5 Å². The van der Waals surface area contributed by atoms with Crippen molar-refractivity contribution < 1.29 is 50.1 Å². The standard InChI is InChI=1S/C30H45F6N5O5Si/c1-26(2,3)46-25(43)38-21(16-45-27(4,5)29(31,32)33)23-37-20-14-19(15-40-17-28(6,30(34,35)36)39-24(40)42)10-11-22(20)41(23)18-44-12-13-47(7,8)9/h10-11,14,21H,12-13,15-18H2,1-9H3,(H,38,43)(H,39,42)/t21-,28?/m0/s1. The summed E-state index contributed by atoms with van der Waals surface area (Å²) in [5, 5.41) is 4.58. The smallest absolute Gasteiger partial charge is 0.416 e. The van der Waals surface area contributed by atoms with Crippen LogP contribution in [0.2, 0.25) is 25.7 Å². The average Bonchev–Trinajstić information content (AvgIpc) is 3.38. The van der Waals surface area contributed by atoms with E-state index in [1.165, 1.54) is 0 Å². The minimum Gasteiger partial charge on any atom is -0.444 e. The Morgan fingerprint density at radius 3 is 2.28 bits per heavy atom. The summed E-state index contributed by atoms with van der Waals surface area (Å²) in [5.41, 5.74) is -4.65. The van der Waals surface area contributed by atoms with Gasteiger partial charge in [-0.2, -0.15) is 26.3 Å². The van der Waals surface area contributed by atoms with E-state index in [4.69, 9.17) is 14.2 Å². The number of alkyl halides is 6. The maximum atomic E-state index is 13.7. The zero-order valence-electron chi connectivity index (χ0n) is 28.2. The van der Waals surface area contributed by atoms with Gasteiger partial charge in [0.1, 0.15) is 24.2 Å². The Labute approximate surface area is 271 Å². The van der Waals surface area contributed by atoms with E-state index in [1.807, 2.05) is 5.32 Å². The van der Waals surface area contributed by atoms with Gasteiger partial charge in [0.05, 0.1) is 24.2 Å². The molecule has 10 nitrogen and oxygen atoms in total. The molecule has 3 rings (SSSR count). The molecular formula is C30H45F6N5O5Si. The molecule has 1 aromatic carbocycles. The molecule has 0 aliphatic carbocycles. The molecule has 2 atom stereocenters. The SMILES string of the molecule is CC(C)(C)OC(=O)N[C@@H](COC(C)(C)C(F)(F)F)c1nc2cc(CN3CC(C)(C(F)(F)F)NC3=O)ccc2n1COCC[Si](C)(C)C. The summed E-state index contributed by atoms with van der Waals surface area (Å²) in [5.74, 6) is 0.109. The average molecular weight is 698 g/mol. The summed E-state index contributed by atoms with van der Waals surface area (Å²) in [6.07, 6.45) is -10.3. The van der Waals surface area contributed by atoms with Crippen LogP contribution in [0, 0.1) is 0 Å². The van der Waals surface area contributed by atoms with E-state index in [0.717, 1.165) is 31.7 Å². The molecule has 1 aliphatic rings. The van der Waals surface area contributed by atoms with Gasteiger partial charge in [-0.1, -0.05) is 25.7 Å². The lowest BCUT2D eigenvalue weighted by Crippen LogP contribution is -2.53. The van der Waals surface area contributed by atoms with Gasteiger partial charge in [0.2, 0.25) is 0 Å². The van der Waals surface area contributed by atoms with Crippen LogP contribution in [-0.4, -0.2) is 83.5 Å². The Kier molecular flexibility index (Phi) is 11.0. The fourth-order valence-corrected chi connectivity index (χ4v) is 5.31. The summed E-state index contributed by atoms with van der Waals surface area (Å²) >= 11 is 0. The number of carbonyl (C=O) groups excluding carboxylic acids is 2. The molecule has 1 fully saturated rings. The fraction of sp³-hybridized carbons (Fsp3) is 0.700. The Morgan fingerprint density at radius 2 is 1.74 bits per heavy atom. The zero-order valence-corrected chi connectivity index (χ0v) is 29.2. The number of aromatic nitrogens is 2. The van der Waals surface area contributed by atoms with Crippen LogP contribution >= 0.6 is 0 Å². The van der Waals surface area contributed by atoms with Crippen molar-refractivity contribution in [1.29, 1.82) is 0 Å². The minimum atomic E-state index is -4.72. The van der Waals surface area contributed by atoms with Crippen molar-refractivity contribution in [3.05, 3.63) is 29.6 Å². The fourth-order valence-electron chi connectivity index (χ4n) is 4.55. The quantitative estimate of drug-likeness (QED) is 0.139. The van der Waals surface area contributed by atoms with E-state index in [2.05, 4.69) is 29.9 Å². The highest BCUT2D eigenvalue weighted by Gasteiger charge is 2.57. The van der Waals surface area contributed by atoms with Gasteiger partial charge in [0.15, 0.2) is 11.1 Å². The second-order valence-corrected chi connectivity index (χ2v) is 20.3. The molecule has 2 N–H and O–H groups in total. The molecule has 0 saturated carbocycles. The van der Waals surface area contributed by atoms with Gasteiger partial charge in [-0.3, -0.25) is 0 Å². The third-order valence-corrected chi connectivity index (χ3v) is 9.24. The van der Waals surface area contributed by atoms with Gasteiger partial charge in [0.25, 0.3) is 0 Å². The molecule has 0 bridgehead atoms. The number of halogens is 6. The first-order valence-corrected chi connectivity index (χ1v) is 18.8. The van der Waals surface area contributed by atoms with Crippen LogP contribution in [0.5, 0.6) is 0 Å². The molecule has 0 spiro atoms. The number of alkyl carbamates (subject to hydrolysis) is 1. The summed E-state index contributed by atoms with van der Waals surface area (Å²) in [6.45, 7) is 13.0. The highest BCUT2D eigenvalue weighted by molar-refractivity contribution is 6.76. The number of hydrogen-bond acceptors (Lipinski definition) is 6. The summed E-state index contributed by atoms with van der Waals surface area (Å²) in [7, 11) is -1.48. The van der Waals surface area contributed by atoms with Gasteiger partial charge < -0.3 is 34.3 Å². The molecule has 1 unspecified atom stereocenters. The van der Waals surface area contributed by atoms with Gasteiger partial charge >= 0.3 is 24.5 Å². The topological polar surface area (TPSA) is 107 Å². The number of fused-ring (bicyclic) bond motifs is 1. The maximum Gasteiger partial charge on any atom is 0.416 e. The number of nitrogens with zero attached hydrogens (tertiary/aromatic N) is 3. The lowest BCUT2D eigenvalue weighted by Gasteiger charge is -2.30. The summed E-state index contributed by atoms with van der Waals surface area (Å²) in [6, 6.07) is 3.53. The first kappa shape index (κ1) is 38.4. The maximum absolute atomic E-state index is 13.7. The number of carbonyl (C=O) groups is 2.